The van der Waals surface area contributed by atoms with Crippen LogP contribution < -0.4 is 0 Å². The highest BCUT2D eigenvalue weighted by Gasteiger charge is 2.37. The van der Waals surface area contributed by atoms with Crippen molar-refractivity contribution in [1.82, 2.24) is 0 Å². The van der Waals surface area contributed by atoms with Gasteiger partial charge >= 0.3 is 0 Å². The highest BCUT2D eigenvalue weighted by atomic mass is 16.5. The summed E-state index contributed by atoms with van der Waals surface area (Å²) in [6, 6.07) is 9.99. The lowest BCUT2D eigenvalue weighted by Gasteiger charge is -2.17. The van der Waals surface area contributed by atoms with E-state index in [1.54, 1.807) is 7.11 Å². The molecular weight excluding hydrogens is 236 g/mol. The zero-order valence-corrected chi connectivity index (χ0v) is 11.2. The van der Waals surface area contributed by atoms with E-state index in [9.17, 15) is 4.79 Å². The van der Waals surface area contributed by atoms with Crippen molar-refractivity contribution in [2.75, 3.05) is 7.11 Å². The Morgan fingerprint density at radius 3 is 2.63 bits per heavy atom. The van der Waals surface area contributed by atoms with Gasteiger partial charge in [0.05, 0.1) is 0 Å². The van der Waals surface area contributed by atoms with E-state index in [4.69, 9.17) is 4.74 Å². The molecule has 0 aliphatic heterocycles. The van der Waals surface area contributed by atoms with Crippen molar-refractivity contribution < 1.29 is 9.53 Å². The van der Waals surface area contributed by atoms with Gasteiger partial charge in [-0.1, -0.05) is 30.3 Å². The third kappa shape index (κ3) is 2.17. The van der Waals surface area contributed by atoms with Gasteiger partial charge < -0.3 is 4.74 Å². The lowest BCUT2D eigenvalue weighted by molar-refractivity contribution is -0.112. The third-order valence-electron chi connectivity index (χ3n) is 4.00. The summed E-state index contributed by atoms with van der Waals surface area (Å²) in [7, 11) is 1.70. The number of allylic oxidation sites excluding steroid dienone is 1. The van der Waals surface area contributed by atoms with Crippen LogP contribution in [-0.4, -0.2) is 19.0 Å². The second kappa shape index (κ2) is 5.14. The molecule has 2 heteroatoms. The van der Waals surface area contributed by atoms with Gasteiger partial charge in [0.2, 0.25) is 0 Å². The molecule has 0 N–H and O–H groups in total. The molecule has 1 atom stereocenters. The quantitative estimate of drug-likeness (QED) is 0.755. The van der Waals surface area contributed by atoms with Gasteiger partial charge in [0, 0.05) is 18.3 Å². The molecule has 19 heavy (non-hydrogen) atoms. The zero-order valence-electron chi connectivity index (χ0n) is 11.2. The van der Waals surface area contributed by atoms with E-state index in [0.29, 0.717) is 0 Å². The van der Waals surface area contributed by atoms with Gasteiger partial charge in [-0.25, -0.2) is 0 Å². The van der Waals surface area contributed by atoms with Gasteiger partial charge in [-0.2, -0.15) is 0 Å². The first-order valence-electron chi connectivity index (χ1n) is 6.87. The van der Waals surface area contributed by atoms with E-state index in [-0.39, 0.29) is 11.9 Å². The van der Waals surface area contributed by atoms with Crippen molar-refractivity contribution in [1.29, 1.82) is 0 Å². The van der Waals surface area contributed by atoms with E-state index in [2.05, 4.69) is 0 Å². The first-order valence-corrected chi connectivity index (χ1v) is 6.87. The van der Waals surface area contributed by atoms with Crippen molar-refractivity contribution >= 4 is 11.9 Å². The van der Waals surface area contributed by atoms with E-state index < -0.39 is 0 Å². The van der Waals surface area contributed by atoms with E-state index in [1.165, 1.54) is 12.0 Å². The Morgan fingerprint density at radius 2 is 1.89 bits per heavy atom. The number of ketones is 1. The molecular formula is C17H18O2. The van der Waals surface area contributed by atoms with Crippen LogP contribution in [0.3, 0.4) is 0 Å². The summed E-state index contributed by atoms with van der Waals surface area (Å²) in [5.41, 5.74) is 4.11. The molecule has 1 aromatic carbocycles. The predicted octanol–water partition coefficient (Wildman–Crippen LogP) is 3.54. The lowest BCUT2D eigenvalue weighted by atomic mass is 9.93. The zero-order chi connectivity index (χ0) is 13.2. The molecule has 0 heterocycles. The molecule has 0 radical (unpaired) electrons. The average Bonchev–Trinajstić information content (AvgIpc) is 2.73. The number of hydrogen-bond acceptors (Lipinski definition) is 2. The molecule has 2 aliphatic rings. The Labute approximate surface area is 113 Å². The fraction of sp³-hybridized carbons (Fsp3) is 0.353. The summed E-state index contributed by atoms with van der Waals surface area (Å²) in [4.78, 5) is 12.5. The second-order valence-corrected chi connectivity index (χ2v) is 5.17. The van der Waals surface area contributed by atoms with Crippen LogP contribution in [0.1, 0.15) is 31.2 Å². The van der Waals surface area contributed by atoms with Crippen molar-refractivity contribution in [2.24, 2.45) is 0 Å². The number of benzene rings is 1. The summed E-state index contributed by atoms with van der Waals surface area (Å²) in [6.07, 6.45) is 6.08. The molecule has 0 fully saturated rings. The fourth-order valence-electron chi connectivity index (χ4n) is 3.10. The van der Waals surface area contributed by atoms with Crippen molar-refractivity contribution in [3.63, 3.8) is 0 Å². The normalized spacial score (nSPS) is 25.0. The van der Waals surface area contributed by atoms with Crippen LogP contribution in [0.15, 0.2) is 47.1 Å². The highest BCUT2D eigenvalue weighted by molar-refractivity contribution is 6.15. The number of ether oxygens (including phenoxy) is 1. The van der Waals surface area contributed by atoms with Crippen LogP contribution in [0.25, 0.3) is 6.08 Å². The molecule has 1 unspecified atom stereocenters. The van der Waals surface area contributed by atoms with Crippen LogP contribution in [0.2, 0.25) is 0 Å². The van der Waals surface area contributed by atoms with E-state index >= 15 is 0 Å². The van der Waals surface area contributed by atoms with Crippen molar-refractivity contribution in [3.05, 3.63) is 52.6 Å². The number of rotatable bonds is 2. The number of carbonyl (C=O) groups is 1. The first kappa shape index (κ1) is 12.4. The molecule has 0 bridgehead atoms. The maximum atomic E-state index is 12.5. The summed E-state index contributed by atoms with van der Waals surface area (Å²) in [6.45, 7) is 0. The van der Waals surface area contributed by atoms with E-state index in [1.807, 2.05) is 36.4 Å². The predicted molar refractivity (Wildman–Crippen MR) is 75.7 cm³/mol. The average molecular weight is 254 g/mol. The van der Waals surface area contributed by atoms with Crippen LogP contribution in [0, 0.1) is 0 Å². The number of carbonyl (C=O) groups excluding carboxylic acids is 1. The fourth-order valence-corrected chi connectivity index (χ4v) is 3.10. The minimum absolute atomic E-state index is 0.122. The van der Waals surface area contributed by atoms with E-state index in [0.717, 1.165) is 36.0 Å². The van der Waals surface area contributed by atoms with Crippen molar-refractivity contribution in [3.8, 4) is 0 Å². The van der Waals surface area contributed by atoms with Gasteiger partial charge in [-0.05, 0) is 42.9 Å². The first-order chi connectivity index (χ1) is 9.31. The molecule has 0 aromatic heterocycles. The lowest BCUT2D eigenvalue weighted by Crippen LogP contribution is -2.14. The van der Waals surface area contributed by atoms with Crippen molar-refractivity contribution in [2.45, 2.75) is 31.8 Å². The Morgan fingerprint density at radius 1 is 1.16 bits per heavy atom. The Balaban J connectivity index is 1.99. The summed E-state index contributed by atoms with van der Waals surface area (Å²) in [5.74, 6) is 0.199. The SMILES string of the molecule is COC1C2=C(CCCC2)C(=O)/C1=C\c1ccccc1. The molecule has 2 nitrogen and oxygen atoms in total. The molecule has 0 saturated carbocycles. The van der Waals surface area contributed by atoms with Gasteiger partial charge in [0.15, 0.2) is 5.78 Å². The number of hydrogen-bond donors (Lipinski definition) is 0. The smallest absolute Gasteiger partial charge is 0.188 e. The number of methoxy groups -OCH3 is 1. The molecule has 98 valence electrons. The molecule has 3 rings (SSSR count). The molecule has 2 aliphatic carbocycles. The van der Waals surface area contributed by atoms with Crippen LogP contribution in [0.4, 0.5) is 0 Å². The highest BCUT2D eigenvalue weighted by Crippen LogP contribution is 2.39. The largest absolute Gasteiger partial charge is 0.372 e. The third-order valence-corrected chi connectivity index (χ3v) is 4.00. The minimum atomic E-state index is -0.122. The Kier molecular flexibility index (Phi) is 3.34. The van der Waals surface area contributed by atoms with Gasteiger partial charge in [-0.3, -0.25) is 4.79 Å². The second-order valence-electron chi connectivity index (χ2n) is 5.17. The molecule has 0 amide bonds. The monoisotopic (exact) mass is 254 g/mol. The maximum Gasteiger partial charge on any atom is 0.188 e. The molecule has 0 saturated heterocycles. The Bertz CT molecular complexity index is 552. The number of Topliss-reactive ketones (excluding diaryl/α,β-unsaturated/α-hetero) is 1. The van der Waals surface area contributed by atoms with Gasteiger partial charge in [0.25, 0.3) is 0 Å². The standard InChI is InChI=1S/C17H18O2/c1-19-17-14-10-6-5-9-13(14)16(18)15(17)11-12-7-3-2-4-8-12/h2-4,7-8,11,17H,5-6,9-10H2,1H3/b15-11+. The maximum absolute atomic E-state index is 12.5. The summed E-state index contributed by atoms with van der Waals surface area (Å²) in [5, 5.41) is 0. The van der Waals surface area contributed by atoms with Gasteiger partial charge in [-0.15, -0.1) is 0 Å². The summed E-state index contributed by atoms with van der Waals surface area (Å²) >= 11 is 0. The van der Waals surface area contributed by atoms with Gasteiger partial charge in [0.1, 0.15) is 6.10 Å². The molecule has 0 spiro atoms. The van der Waals surface area contributed by atoms with Crippen LogP contribution in [-0.2, 0) is 9.53 Å². The summed E-state index contributed by atoms with van der Waals surface area (Å²) < 4.78 is 5.59. The van der Waals surface area contributed by atoms with Crippen LogP contribution >= 0.6 is 0 Å². The molecule has 1 aromatic rings. The van der Waals surface area contributed by atoms with Crippen LogP contribution in [0.5, 0.6) is 0 Å². The topological polar surface area (TPSA) is 26.3 Å². The Hall–Kier alpha value is -1.67. The minimum Gasteiger partial charge on any atom is -0.372 e.